The number of benzene rings is 3. The van der Waals surface area contributed by atoms with Crippen LogP contribution in [0, 0.1) is 0 Å². The number of carbonyl (C=O) groups is 2. The molecule has 1 saturated heterocycles. The Labute approximate surface area is 252 Å². The third kappa shape index (κ3) is 6.67. The normalized spacial score (nSPS) is 13.4. The first-order chi connectivity index (χ1) is 20.9. The molecule has 3 aromatic carbocycles. The molecule has 9 heteroatoms. The monoisotopic (exact) mass is 582 g/mol. The average Bonchev–Trinajstić information content (AvgIpc) is 3.37. The zero-order valence-electron chi connectivity index (χ0n) is 25.2. The number of hydrogen-bond acceptors (Lipinski definition) is 6. The number of hydrogen-bond donors (Lipinski definition) is 0. The van der Waals surface area contributed by atoms with Gasteiger partial charge in [0.25, 0.3) is 11.8 Å². The SMILES string of the molecule is COc1ccc(-n2c(C(=O)N(C)C)c(OCc3ccccc3)c(OCc3ccccc3)c2C(=O)N2CCN(C)CC2)cc1. The smallest absolute Gasteiger partial charge is 0.274 e. The topological polar surface area (TPSA) is 76.5 Å². The molecule has 9 nitrogen and oxygen atoms in total. The van der Waals surface area contributed by atoms with Gasteiger partial charge in [-0.05, 0) is 42.4 Å². The number of amides is 2. The van der Waals surface area contributed by atoms with Gasteiger partial charge in [-0.1, -0.05) is 60.7 Å². The standard InChI is InChI=1S/C34H38N4O5/c1-35(2)33(39)29-31(42-23-25-11-7-5-8-12-25)32(43-24-26-13-9-6-10-14-26)30(34(40)37-21-19-36(3)20-22-37)38(29)27-15-17-28(41-4)18-16-27/h5-18H,19-24H2,1-4H3. The summed E-state index contributed by atoms with van der Waals surface area (Å²) >= 11 is 0. The molecule has 1 aliphatic heterocycles. The van der Waals surface area contributed by atoms with E-state index in [1.54, 1.807) is 37.9 Å². The first-order valence-corrected chi connectivity index (χ1v) is 14.3. The van der Waals surface area contributed by atoms with Gasteiger partial charge in [0.2, 0.25) is 0 Å². The largest absolute Gasteiger partial charge is 0.497 e. The fourth-order valence-corrected chi connectivity index (χ4v) is 5.00. The minimum atomic E-state index is -0.319. The van der Waals surface area contributed by atoms with Gasteiger partial charge >= 0.3 is 0 Å². The van der Waals surface area contributed by atoms with Gasteiger partial charge in [0.1, 0.15) is 19.0 Å². The van der Waals surface area contributed by atoms with Crippen LogP contribution in [0.1, 0.15) is 32.1 Å². The predicted molar refractivity (Wildman–Crippen MR) is 165 cm³/mol. The summed E-state index contributed by atoms with van der Waals surface area (Å²) in [6, 6.07) is 26.7. The van der Waals surface area contributed by atoms with Crippen LogP contribution in [0.25, 0.3) is 5.69 Å². The van der Waals surface area contributed by atoms with Gasteiger partial charge in [-0.2, -0.15) is 0 Å². The summed E-state index contributed by atoms with van der Waals surface area (Å²) in [5, 5.41) is 0. The van der Waals surface area contributed by atoms with Crippen LogP contribution in [0.5, 0.6) is 17.2 Å². The first kappa shape index (κ1) is 29.7. The summed E-state index contributed by atoms with van der Waals surface area (Å²) in [7, 11) is 7.00. The molecule has 43 heavy (non-hydrogen) atoms. The molecular weight excluding hydrogens is 544 g/mol. The Morgan fingerprint density at radius 1 is 0.721 bits per heavy atom. The van der Waals surface area contributed by atoms with Crippen molar-refractivity contribution in [2.45, 2.75) is 13.2 Å². The van der Waals surface area contributed by atoms with Crippen LogP contribution in [0.3, 0.4) is 0 Å². The van der Waals surface area contributed by atoms with E-state index in [9.17, 15) is 9.59 Å². The molecule has 0 radical (unpaired) electrons. The second-order valence-electron chi connectivity index (χ2n) is 10.7. The van der Waals surface area contributed by atoms with Crippen LogP contribution >= 0.6 is 0 Å². The molecule has 1 aliphatic rings. The van der Waals surface area contributed by atoms with Gasteiger partial charge in [-0.15, -0.1) is 0 Å². The van der Waals surface area contributed by atoms with Gasteiger partial charge < -0.3 is 28.9 Å². The molecule has 5 rings (SSSR count). The van der Waals surface area contributed by atoms with Gasteiger partial charge in [0.15, 0.2) is 22.9 Å². The van der Waals surface area contributed by atoms with E-state index >= 15 is 0 Å². The molecular formula is C34H38N4O5. The molecule has 2 amide bonds. The van der Waals surface area contributed by atoms with Gasteiger partial charge in [-0.25, -0.2) is 0 Å². The van der Waals surface area contributed by atoms with Gasteiger partial charge in [-0.3, -0.25) is 14.2 Å². The van der Waals surface area contributed by atoms with Crippen molar-refractivity contribution < 1.29 is 23.8 Å². The predicted octanol–water partition coefficient (Wildman–Crippen LogP) is 4.73. The molecule has 4 aromatic rings. The molecule has 0 aliphatic carbocycles. The summed E-state index contributed by atoms with van der Waals surface area (Å²) in [6.45, 7) is 2.97. The Kier molecular flexibility index (Phi) is 9.32. The van der Waals surface area contributed by atoms with Crippen LogP contribution in [0.15, 0.2) is 84.9 Å². The van der Waals surface area contributed by atoms with Crippen LogP contribution in [-0.2, 0) is 13.2 Å². The molecule has 0 atom stereocenters. The number of methoxy groups -OCH3 is 1. The summed E-state index contributed by atoms with van der Waals surface area (Å²) in [4.78, 5) is 34.0. The minimum absolute atomic E-state index is 0.186. The lowest BCUT2D eigenvalue weighted by Gasteiger charge is -2.32. The van der Waals surface area contributed by atoms with Crippen LogP contribution in [0.4, 0.5) is 0 Å². The Balaban J connectivity index is 1.73. The number of piperazine rings is 1. The fourth-order valence-electron chi connectivity index (χ4n) is 5.00. The maximum absolute atomic E-state index is 14.5. The highest BCUT2D eigenvalue weighted by Crippen LogP contribution is 2.43. The van der Waals surface area contributed by atoms with Crippen molar-refractivity contribution >= 4 is 11.8 Å². The molecule has 0 bridgehead atoms. The van der Waals surface area contributed by atoms with Crippen molar-refractivity contribution in [2.24, 2.45) is 0 Å². The minimum Gasteiger partial charge on any atom is -0.497 e. The van der Waals surface area contributed by atoms with E-state index in [1.165, 1.54) is 4.90 Å². The molecule has 0 saturated carbocycles. The van der Waals surface area contributed by atoms with Crippen LogP contribution in [0.2, 0.25) is 0 Å². The number of aromatic nitrogens is 1. The summed E-state index contributed by atoms with van der Waals surface area (Å²) in [5.41, 5.74) is 2.92. The fraction of sp³-hybridized carbons (Fsp3) is 0.294. The number of ether oxygens (including phenoxy) is 3. The number of carbonyl (C=O) groups excluding carboxylic acids is 2. The second kappa shape index (κ2) is 13.5. The van der Waals surface area contributed by atoms with Crippen LogP contribution < -0.4 is 14.2 Å². The van der Waals surface area contributed by atoms with E-state index in [2.05, 4.69) is 4.90 Å². The van der Waals surface area contributed by atoms with Crippen molar-refractivity contribution in [1.82, 2.24) is 19.3 Å². The highest BCUT2D eigenvalue weighted by molar-refractivity contribution is 6.04. The van der Waals surface area contributed by atoms with Crippen molar-refractivity contribution in [2.75, 3.05) is 54.4 Å². The van der Waals surface area contributed by atoms with Crippen molar-refractivity contribution in [3.8, 4) is 22.9 Å². The first-order valence-electron chi connectivity index (χ1n) is 14.3. The Morgan fingerprint density at radius 2 is 1.23 bits per heavy atom. The van der Waals surface area contributed by atoms with Crippen molar-refractivity contribution in [3.63, 3.8) is 0 Å². The average molecular weight is 583 g/mol. The Bertz CT molecular complexity index is 1530. The zero-order valence-corrected chi connectivity index (χ0v) is 25.2. The van der Waals surface area contributed by atoms with Crippen LogP contribution in [-0.4, -0.2) is 85.5 Å². The second-order valence-corrected chi connectivity index (χ2v) is 10.7. The molecule has 1 aromatic heterocycles. The van der Waals surface area contributed by atoms with E-state index in [0.29, 0.717) is 24.5 Å². The van der Waals surface area contributed by atoms with E-state index in [-0.39, 0.29) is 47.9 Å². The van der Waals surface area contributed by atoms with E-state index in [4.69, 9.17) is 14.2 Å². The lowest BCUT2D eigenvalue weighted by Crippen LogP contribution is -2.47. The highest BCUT2D eigenvalue weighted by atomic mass is 16.5. The Morgan fingerprint density at radius 3 is 1.72 bits per heavy atom. The quantitative estimate of drug-likeness (QED) is 0.269. The highest BCUT2D eigenvalue weighted by Gasteiger charge is 2.37. The van der Waals surface area contributed by atoms with Crippen molar-refractivity contribution in [1.29, 1.82) is 0 Å². The van der Waals surface area contributed by atoms with Crippen molar-refractivity contribution in [3.05, 3.63) is 107 Å². The summed E-state index contributed by atoms with van der Waals surface area (Å²) in [6.07, 6.45) is 0. The zero-order chi connectivity index (χ0) is 30.3. The number of likely N-dealkylation sites (N-methyl/N-ethyl adjacent to an activating group) is 1. The third-order valence-corrected chi connectivity index (χ3v) is 7.47. The third-order valence-electron chi connectivity index (χ3n) is 7.47. The van der Waals surface area contributed by atoms with Gasteiger partial charge in [0, 0.05) is 46.0 Å². The molecule has 0 N–H and O–H groups in total. The molecule has 0 spiro atoms. The molecule has 1 fully saturated rings. The maximum Gasteiger partial charge on any atom is 0.274 e. The summed E-state index contributed by atoms with van der Waals surface area (Å²) < 4.78 is 20.0. The summed E-state index contributed by atoms with van der Waals surface area (Å²) in [5.74, 6) is 0.580. The lowest BCUT2D eigenvalue weighted by atomic mass is 10.2. The van der Waals surface area contributed by atoms with Gasteiger partial charge in [0.05, 0.1) is 7.11 Å². The molecule has 2 heterocycles. The molecule has 0 unspecified atom stereocenters. The number of nitrogens with zero attached hydrogens (tertiary/aromatic N) is 4. The van der Waals surface area contributed by atoms with E-state index in [0.717, 1.165) is 24.2 Å². The Hall–Kier alpha value is -4.76. The molecule has 224 valence electrons. The van der Waals surface area contributed by atoms with E-state index < -0.39 is 0 Å². The number of rotatable bonds is 10. The maximum atomic E-state index is 14.5. The van der Waals surface area contributed by atoms with E-state index in [1.807, 2.05) is 84.7 Å². The lowest BCUT2D eigenvalue weighted by molar-refractivity contribution is 0.0650.